The van der Waals surface area contributed by atoms with Crippen molar-refractivity contribution in [2.75, 3.05) is 12.1 Å². The predicted octanol–water partition coefficient (Wildman–Crippen LogP) is 3.10. The first kappa shape index (κ1) is 16.8. The van der Waals surface area contributed by atoms with Crippen molar-refractivity contribution in [2.45, 2.75) is 29.5 Å². The number of hydrogen-bond acceptors (Lipinski definition) is 5. The summed E-state index contributed by atoms with van der Waals surface area (Å²) in [4.78, 5) is 25.6. The number of nitrogens with one attached hydrogen (secondary N) is 2. The van der Waals surface area contributed by atoms with Gasteiger partial charge in [0.1, 0.15) is 0 Å². The molecule has 134 valence electrons. The SMILES string of the molecule is C[C@H](NC(=O)C[C@H]1Sc2ccccc2NC1=O)c1ccc2c(c1)OCO2. The lowest BCUT2D eigenvalue weighted by Gasteiger charge is -2.24. The second kappa shape index (κ2) is 6.92. The quantitative estimate of drug-likeness (QED) is 0.865. The summed E-state index contributed by atoms with van der Waals surface area (Å²) >= 11 is 1.42. The number of carbonyl (C=O) groups excluding carboxylic acids is 2. The summed E-state index contributed by atoms with van der Waals surface area (Å²) in [6.07, 6.45) is 0.125. The highest BCUT2D eigenvalue weighted by Crippen LogP contribution is 2.37. The van der Waals surface area contributed by atoms with E-state index in [1.165, 1.54) is 11.8 Å². The molecule has 2 aliphatic heterocycles. The van der Waals surface area contributed by atoms with E-state index in [0.717, 1.165) is 16.1 Å². The topological polar surface area (TPSA) is 76.7 Å². The van der Waals surface area contributed by atoms with Crippen LogP contribution in [0.5, 0.6) is 11.5 Å². The Morgan fingerprint density at radius 1 is 1.27 bits per heavy atom. The molecule has 6 nitrogen and oxygen atoms in total. The fourth-order valence-electron chi connectivity index (χ4n) is 2.96. The van der Waals surface area contributed by atoms with E-state index in [-0.39, 0.29) is 31.1 Å². The highest BCUT2D eigenvalue weighted by molar-refractivity contribution is 8.01. The molecule has 2 atom stereocenters. The molecule has 2 N–H and O–H groups in total. The van der Waals surface area contributed by atoms with Crippen LogP contribution in [-0.2, 0) is 9.59 Å². The summed E-state index contributed by atoms with van der Waals surface area (Å²) in [6, 6.07) is 13.0. The van der Waals surface area contributed by atoms with Crippen LogP contribution in [0.4, 0.5) is 5.69 Å². The van der Waals surface area contributed by atoms with E-state index in [2.05, 4.69) is 10.6 Å². The van der Waals surface area contributed by atoms with E-state index in [1.807, 2.05) is 49.4 Å². The number of ether oxygens (including phenoxy) is 2. The minimum absolute atomic E-state index is 0.125. The molecule has 2 amide bonds. The number of fused-ring (bicyclic) bond motifs is 2. The number of carbonyl (C=O) groups is 2. The second-order valence-corrected chi connectivity index (χ2v) is 7.44. The van der Waals surface area contributed by atoms with Crippen LogP contribution >= 0.6 is 11.8 Å². The standard InChI is InChI=1S/C19H18N2O4S/c1-11(12-6-7-14-15(8-12)25-10-24-14)20-18(22)9-17-19(23)21-13-4-2-3-5-16(13)26-17/h2-8,11,17H,9-10H2,1H3,(H,20,22)(H,21,23)/t11-,17+/m0/s1. The van der Waals surface area contributed by atoms with Crippen LogP contribution in [0.2, 0.25) is 0 Å². The zero-order chi connectivity index (χ0) is 18.1. The third-order valence-corrected chi connectivity index (χ3v) is 5.63. The third kappa shape index (κ3) is 3.35. The molecule has 0 spiro atoms. The van der Waals surface area contributed by atoms with Gasteiger partial charge in [0.25, 0.3) is 0 Å². The van der Waals surface area contributed by atoms with E-state index < -0.39 is 5.25 Å². The van der Waals surface area contributed by atoms with Gasteiger partial charge in [-0.05, 0) is 36.8 Å². The van der Waals surface area contributed by atoms with Crippen LogP contribution in [-0.4, -0.2) is 23.9 Å². The summed E-state index contributed by atoms with van der Waals surface area (Å²) in [5.74, 6) is 1.09. The molecule has 7 heteroatoms. The van der Waals surface area contributed by atoms with Gasteiger partial charge in [-0.15, -0.1) is 11.8 Å². The molecule has 2 aliphatic rings. The summed E-state index contributed by atoms with van der Waals surface area (Å²) in [5.41, 5.74) is 1.72. The van der Waals surface area contributed by atoms with Crippen molar-refractivity contribution in [2.24, 2.45) is 0 Å². The maximum atomic E-state index is 12.4. The fourth-order valence-corrected chi connectivity index (χ4v) is 4.07. The minimum Gasteiger partial charge on any atom is -0.454 e. The summed E-state index contributed by atoms with van der Waals surface area (Å²) in [5, 5.41) is 5.37. The molecular weight excluding hydrogens is 352 g/mol. The molecule has 2 aromatic carbocycles. The van der Waals surface area contributed by atoms with E-state index in [4.69, 9.17) is 9.47 Å². The van der Waals surface area contributed by atoms with Crippen LogP contribution < -0.4 is 20.1 Å². The van der Waals surface area contributed by atoms with Crippen molar-refractivity contribution in [1.29, 1.82) is 0 Å². The molecule has 0 aliphatic carbocycles. The first-order valence-corrected chi connectivity index (χ1v) is 9.23. The van der Waals surface area contributed by atoms with Gasteiger partial charge in [0.15, 0.2) is 11.5 Å². The largest absolute Gasteiger partial charge is 0.454 e. The van der Waals surface area contributed by atoms with E-state index >= 15 is 0 Å². The van der Waals surface area contributed by atoms with E-state index in [9.17, 15) is 9.59 Å². The van der Waals surface area contributed by atoms with E-state index in [1.54, 1.807) is 0 Å². The van der Waals surface area contributed by atoms with Gasteiger partial charge in [-0.2, -0.15) is 0 Å². The maximum Gasteiger partial charge on any atom is 0.238 e. The van der Waals surface area contributed by atoms with Gasteiger partial charge in [-0.1, -0.05) is 18.2 Å². The number of amides is 2. The van der Waals surface area contributed by atoms with Gasteiger partial charge < -0.3 is 20.1 Å². The Kier molecular flexibility index (Phi) is 4.46. The van der Waals surface area contributed by atoms with Crippen molar-refractivity contribution in [3.05, 3.63) is 48.0 Å². The zero-order valence-electron chi connectivity index (χ0n) is 14.2. The average Bonchev–Trinajstić information content (AvgIpc) is 3.10. The van der Waals surface area contributed by atoms with Crippen LogP contribution in [0.1, 0.15) is 24.9 Å². The number of rotatable bonds is 4. The molecule has 0 fully saturated rings. The minimum atomic E-state index is -0.436. The molecule has 0 bridgehead atoms. The van der Waals surface area contributed by atoms with Gasteiger partial charge in [0.2, 0.25) is 18.6 Å². The van der Waals surface area contributed by atoms with Crippen LogP contribution in [0.25, 0.3) is 0 Å². The Morgan fingerprint density at radius 3 is 2.96 bits per heavy atom. The van der Waals surface area contributed by atoms with Crippen LogP contribution in [0.3, 0.4) is 0 Å². The number of benzene rings is 2. The summed E-state index contributed by atoms with van der Waals surface area (Å²) < 4.78 is 10.7. The lowest BCUT2D eigenvalue weighted by molar-refractivity contribution is -0.124. The Bertz CT molecular complexity index is 870. The smallest absolute Gasteiger partial charge is 0.238 e. The lowest BCUT2D eigenvalue weighted by Crippen LogP contribution is -2.35. The zero-order valence-corrected chi connectivity index (χ0v) is 15.0. The van der Waals surface area contributed by atoms with Crippen molar-refractivity contribution >= 4 is 29.3 Å². The van der Waals surface area contributed by atoms with Crippen LogP contribution in [0.15, 0.2) is 47.4 Å². The summed E-state index contributed by atoms with van der Waals surface area (Å²) in [7, 11) is 0. The first-order valence-electron chi connectivity index (χ1n) is 8.35. The van der Waals surface area contributed by atoms with Gasteiger partial charge in [0, 0.05) is 11.3 Å². The van der Waals surface area contributed by atoms with Crippen molar-refractivity contribution < 1.29 is 19.1 Å². The average molecular weight is 370 g/mol. The molecule has 26 heavy (non-hydrogen) atoms. The van der Waals surface area contributed by atoms with Crippen LogP contribution in [0, 0.1) is 0 Å². The van der Waals surface area contributed by atoms with Crippen molar-refractivity contribution in [3.8, 4) is 11.5 Å². The Balaban J connectivity index is 1.39. The van der Waals surface area contributed by atoms with Crippen molar-refractivity contribution in [1.82, 2.24) is 5.32 Å². The van der Waals surface area contributed by atoms with Gasteiger partial charge >= 0.3 is 0 Å². The monoisotopic (exact) mass is 370 g/mol. The van der Waals surface area contributed by atoms with Gasteiger partial charge in [-0.3, -0.25) is 9.59 Å². The highest BCUT2D eigenvalue weighted by Gasteiger charge is 2.29. The number of thioether (sulfide) groups is 1. The maximum absolute atomic E-state index is 12.4. The molecule has 4 rings (SSSR count). The van der Waals surface area contributed by atoms with Gasteiger partial charge in [-0.25, -0.2) is 0 Å². The Morgan fingerprint density at radius 2 is 2.08 bits per heavy atom. The molecular formula is C19H18N2O4S. The first-order chi connectivity index (χ1) is 12.6. The fraction of sp³-hybridized carbons (Fsp3) is 0.263. The van der Waals surface area contributed by atoms with Crippen molar-refractivity contribution in [3.63, 3.8) is 0 Å². The molecule has 0 radical (unpaired) electrons. The molecule has 0 saturated heterocycles. The molecule has 2 aromatic rings. The Labute approximate surface area is 155 Å². The van der Waals surface area contributed by atoms with E-state index in [0.29, 0.717) is 11.5 Å². The summed E-state index contributed by atoms with van der Waals surface area (Å²) in [6.45, 7) is 2.12. The predicted molar refractivity (Wildman–Crippen MR) is 98.5 cm³/mol. The third-order valence-electron chi connectivity index (χ3n) is 4.35. The molecule has 2 heterocycles. The molecule has 0 unspecified atom stereocenters. The molecule has 0 saturated carbocycles. The van der Waals surface area contributed by atoms with Gasteiger partial charge in [0.05, 0.1) is 17.0 Å². The molecule has 0 aromatic heterocycles. The highest BCUT2D eigenvalue weighted by atomic mass is 32.2. The Hall–Kier alpha value is -2.67. The number of anilines is 1. The number of para-hydroxylation sites is 1. The lowest BCUT2D eigenvalue weighted by atomic mass is 10.1. The number of hydrogen-bond donors (Lipinski definition) is 2. The second-order valence-electron chi connectivity index (χ2n) is 6.20. The normalized spacial score (nSPS) is 18.7.